The predicted molar refractivity (Wildman–Crippen MR) is 126 cm³/mol. The van der Waals surface area contributed by atoms with Crippen molar-refractivity contribution in [1.29, 1.82) is 0 Å². The Balaban J connectivity index is 1.69. The molecular weight excluding hydrogens is 406 g/mol. The number of anilines is 1. The van der Waals surface area contributed by atoms with E-state index in [1.54, 1.807) is 11.1 Å². The Kier molecular flexibility index (Phi) is 6.57. The highest BCUT2D eigenvalue weighted by atomic mass is 32.1. The molecule has 2 aromatic heterocycles. The number of benzene rings is 2. The quantitative estimate of drug-likeness (QED) is 0.320. The van der Waals surface area contributed by atoms with Crippen LogP contribution in [0.2, 0.25) is 0 Å². The number of carbonyl (C=O) groups excluding carboxylic acids is 1. The summed E-state index contributed by atoms with van der Waals surface area (Å²) >= 11 is 1.52. The van der Waals surface area contributed by atoms with Gasteiger partial charge in [-0.05, 0) is 55.3 Å². The summed E-state index contributed by atoms with van der Waals surface area (Å²) in [4.78, 5) is 24.5. The van der Waals surface area contributed by atoms with Gasteiger partial charge in [0.15, 0.2) is 5.13 Å². The van der Waals surface area contributed by atoms with Crippen molar-refractivity contribution in [3.63, 3.8) is 0 Å². The number of aryl methyl sites for hydroxylation is 1. The molecule has 0 fully saturated rings. The Morgan fingerprint density at radius 1 is 1.10 bits per heavy atom. The Morgan fingerprint density at radius 2 is 1.97 bits per heavy atom. The third-order valence-electron chi connectivity index (χ3n) is 4.98. The summed E-state index contributed by atoms with van der Waals surface area (Å²) in [6.07, 6.45) is 3.78. The highest BCUT2D eigenvalue weighted by Crippen LogP contribution is 2.32. The Bertz CT molecular complexity index is 1170. The van der Waals surface area contributed by atoms with Gasteiger partial charge in [0.1, 0.15) is 5.75 Å². The van der Waals surface area contributed by atoms with Crippen LogP contribution >= 0.6 is 11.3 Å². The van der Waals surface area contributed by atoms with E-state index in [1.807, 2.05) is 67.6 Å². The smallest absolute Gasteiger partial charge is 0.260 e. The Hall–Kier alpha value is -3.25. The molecule has 2 aromatic carbocycles. The van der Waals surface area contributed by atoms with Crippen molar-refractivity contribution in [3.05, 3.63) is 83.7 Å². The lowest BCUT2D eigenvalue weighted by Gasteiger charge is -2.20. The summed E-state index contributed by atoms with van der Waals surface area (Å²) in [6, 6.07) is 19.2. The Labute approximate surface area is 186 Å². The highest BCUT2D eigenvalue weighted by molar-refractivity contribution is 7.22. The molecule has 0 saturated carbocycles. The summed E-state index contributed by atoms with van der Waals surface area (Å²) < 4.78 is 6.87. The van der Waals surface area contributed by atoms with Crippen LogP contribution in [0.15, 0.2) is 66.9 Å². The van der Waals surface area contributed by atoms with E-state index >= 15 is 0 Å². The van der Waals surface area contributed by atoms with E-state index in [9.17, 15) is 4.79 Å². The van der Waals surface area contributed by atoms with Gasteiger partial charge in [-0.2, -0.15) is 0 Å². The van der Waals surface area contributed by atoms with Gasteiger partial charge >= 0.3 is 0 Å². The number of ether oxygens (including phenoxy) is 1. The van der Waals surface area contributed by atoms with E-state index < -0.39 is 0 Å². The number of thiazole rings is 1. The fraction of sp³-hybridized carbons (Fsp3) is 0.240. The van der Waals surface area contributed by atoms with Crippen LogP contribution in [0.25, 0.3) is 10.2 Å². The fourth-order valence-electron chi connectivity index (χ4n) is 3.28. The molecule has 0 radical (unpaired) electrons. The zero-order chi connectivity index (χ0) is 21.6. The molecule has 0 aliphatic rings. The second-order valence-corrected chi connectivity index (χ2v) is 8.37. The predicted octanol–water partition coefficient (Wildman–Crippen LogP) is 6.03. The minimum Gasteiger partial charge on any atom is -0.494 e. The number of nitrogens with zero attached hydrogens (tertiary/aromatic N) is 3. The molecule has 2 heterocycles. The first-order chi connectivity index (χ1) is 15.2. The maximum absolute atomic E-state index is 13.6. The zero-order valence-corrected chi connectivity index (χ0v) is 18.6. The summed E-state index contributed by atoms with van der Waals surface area (Å²) in [5, 5.41) is 0.664. The zero-order valence-electron chi connectivity index (χ0n) is 17.7. The Morgan fingerprint density at radius 3 is 2.74 bits per heavy atom. The largest absolute Gasteiger partial charge is 0.494 e. The number of hydrogen-bond acceptors (Lipinski definition) is 5. The van der Waals surface area contributed by atoms with Crippen molar-refractivity contribution in [2.24, 2.45) is 0 Å². The molecular formula is C25H25N3O2S. The van der Waals surface area contributed by atoms with Crippen molar-refractivity contribution < 1.29 is 9.53 Å². The molecule has 0 saturated heterocycles. The fourth-order valence-corrected chi connectivity index (χ4v) is 4.32. The molecule has 4 rings (SSSR count). The van der Waals surface area contributed by atoms with Gasteiger partial charge in [0.25, 0.3) is 5.91 Å². The number of para-hydroxylation sites is 1. The van der Waals surface area contributed by atoms with Crippen LogP contribution in [0.3, 0.4) is 0 Å². The monoisotopic (exact) mass is 431 g/mol. The molecule has 0 unspecified atom stereocenters. The number of unbranched alkanes of at least 4 members (excludes halogenated alkanes) is 1. The number of amides is 1. The van der Waals surface area contributed by atoms with Crippen molar-refractivity contribution in [3.8, 4) is 5.75 Å². The van der Waals surface area contributed by atoms with Crippen LogP contribution in [-0.4, -0.2) is 22.5 Å². The summed E-state index contributed by atoms with van der Waals surface area (Å²) in [6.45, 7) is 5.15. The minimum absolute atomic E-state index is 0.122. The van der Waals surface area contributed by atoms with Crippen LogP contribution in [0, 0.1) is 6.92 Å². The third-order valence-corrected chi connectivity index (χ3v) is 6.02. The number of aromatic nitrogens is 2. The molecule has 0 aliphatic carbocycles. The first-order valence-electron chi connectivity index (χ1n) is 10.5. The van der Waals surface area contributed by atoms with Crippen LogP contribution in [0.5, 0.6) is 5.75 Å². The molecule has 0 bridgehead atoms. The highest BCUT2D eigenvalue weighted by Gasteiger charge is 2.23. The van der Waals surface area contributed by atoms with Gasteiger partial charge in [0, 0.05) is 11.8 Å². The van der Waals surface area contributed by atoms with Gasteiger partial charge in [-0.15, -0.1) is 0 Å². The summed E-state index contributed by atoms with van der Waals surface area (Å²) in [7, 11) is 0. The lowest BCUT2D eigenvalue weighted by molar-refractivity contribution is 0.0984. The second-order valence-electron chi connectivity index (χ2n) is 7.36. The van der Waals surface area contributed by atoms with Crippen molar-refractivity contribution in [2.45, 2.75) is 33.2 Å². The number of carbonyl (C=O) groups is 1. The molecule has 4 aromatic rings. The first-order valence-corrected chi connectivity index (χ1v) is 11.3. The lowest BCUT2D eigenvalue weighted by Crippen LogP contribution is -2.30. The lowest BCUT2D eigenvalue weighted by atomic mass is 10.2. The third kappa shape index (κ3) is 4.91. The summed E-state index contributed by atoms with van der Waals surface area (Å²) in [5.41, 5.74) is 3.40. The average molecular weight is 432 g/mol. The molecule has 6 heteroatoms. The van der Waals surface area contributed by atoms with Gasteiger partial charge in [-0.25, -0.2) is 4.98 Å². The van der Waals surface area contributed by atoms with Gasteiger partial charge in [-0.1, -0.05) is 48.9 Å². The second kappa shape index (κ2) is 9.71. The molecule has 0 atom stereocenters. The van der Waals surface area contributed by atoms with E-state index in [2.05, 4.69) is 11.9 Å². The SMILES string of the molecule is CCCCOc1cccc(C(=O)N(Cc2ccccn2)c2nc3c(C)cccc3s2)c1. The van der Waals surface area contributed by atoms with E-state index in [1.165, 1.54) is 11.3 Å². The molecule has 5 nitrogen and oxygen atoms in total. The van der Waals surface area contributed by atoms with Crippen LogP contribution in [-0.2, 0) is 6.54 Å². The van der Waals surface area contributed by atoms with Gasteiger partial charge in [0.2, 0.25) is 0 Å². The van der Waals surface area contributed by atoms with Crippen LogP contribution < -0.4 is 9.64 Å². The van der Waals surface area contributed by atoms with Crippen molar-refractivity contribution in [2.75, 3.05) is 11.5 Å². The first kappa shape index (κ1) is 21.0. The standard InChI is InChI=1S/C25H25N3O2S/c1-3-4-15-30-21-12-8-10-19(16-21)24(29)28(17-20-11-5-6-14-26-20)25-27-23-18(2)9-7-13-22(23)31-25/h5-14,16H,3-4,15,17H2,1-2H3. The number of pyridine rings is 1. The van der Waals surface area contributed by atoms with E-state index in [0.29, 0.717) is 29.6 Å². The molecule has 0 N–H and O–H groups in total. The molecule has 0 aliphatic heterocycles. The molecule has 158 valence electrons. The molecule has 1 amide bonds. The van der Waals surface area contributed by atoms with Gasteiger partial charge in [-0.3, -0.25) is 14.7 Å². The number of hydrogen-bond donors (Lipinski definition) is 0. The van der Waals surface area contributed by atoms with Crippen LogP contribution in [0.1, 0.15) is 41.4 Å². The number of rotatable bonds is 8. The van der Waals surface area contributed by atoms with Gasteiger partial charge < -0.3 is 4.74 Å². The van der Waals surface area contributed by atoms with E-state index in [0.717, 1.165) is 34.3 Å². The normalized spacial score (nSPS) is 10.9. The van der Waals surface area contributed by atoms with Gasteiger partial charge in [0.05, 0.1) is 29.1 Å². The minimum atomic E-state index is -0.122. The number of fused-ring (bicyclic) bond motifs is 1. The average Bonchev–Trinajstić information content (AvgIpc) is 3.24. The van der Waals surface area contributed by atoms with E-state index in [4.69, 9.17) is 9.72 Å². The topological polar surface area (TPSA) is 55.3 Å². The summed E-state index contributed by atoms with van der Waals surface area (Å²) in [5.74, 6) is 0.584. The van der Waals surface area contributed by atoms with E-state index in [-0.39, 0.29) is 5.91 Å². The van der Waals surface area contributed by atoms with Crippen molar-refractivity contribution >= 4 is 32.6 Å². The molecule has 0 spiro atoms. The maximum atomic E-state index is 13.6. The maximum Gasteiger partial charge on any atom is 0.260 e. The van der Waals surface area contributed by atoms with Crippen molar-refractivity contribution in [1.82, 2.24) is 9.97 Å². The van der Waals surface area contributed by atoms with Crippen LogP contribution in [0.4, 0.5) is 5.13 Å². The molecule has 31 heavy (non-hydrogen) atoms.